The number of sulfonamides is 1. The van der Waals surface area contributed by atoms with Crippen molar-refractivity contribution in [3.63, 3.8) is 0 Å². The van der Waals surface area contributed by atoms with Gasteiger partial charge in [-0.3, -0.25) is 4.79 Å². The van der Waals surface area contributed by atoms with Gasteiger partial charge in [-0.2, -0.15) is 0 Å². The number of carbonyl (C=O) groups is 1. The van der Waals surface area contributed by atoms with Crippen LogP contribution >= 0.6 is 0 Å². The molecule has 1 saturated heterocycles. The zero-order valence-corrected chi connectivity index (χ0v) is 12.7. The molecule has 1 heterocycles. The van der Waals surface area contributed by atoms with Crippen molar-refractivity contribution in [2.45, 2.75) is 31.1 Å². The molecule has 2 rings (SSSR count). The van der Waals surface area contributed by atoms with E-state index < -0.39 is 10.0 Å². The van der Waals surface area contributed by atoms with Crippen molar-refractivity contribution in [2.24, 2.45) is 10.9 Å². The number of rotatable bonds is 4. The van der Waals surface area contributed by atoms with Crippen LogP contribution in [0.2, 0.25) is 0 Å². The molecule has 116 valence electrons. The Morgan fingerprint density at radius 1 is 1.24 bits per heavy atom. The number of likely N-dealkylation sites (tertiary alicyclic amines) is 1. The lowest BCUT2D eigenvalue weighted by Crippen LogP contribution is -2.47. The SMILES string of the molecule is NCC1CCCCN1C(=O)c1ccc(CS(N)(=O)=O)cc1. The third-order valence-corrected chi connectivity index (χ3v) is 4.46. The minimum atomic E-state index is -3.56. The Kier molecular flexibility index (Phi) is 4.97. The van der Waals surface area contributed by atoms with Crippen LogP contribution in [0.25, 0.3) is 0 Å². The number of amides is 1. The van der Waals surface area contributed by atoms with Gasteiger partial charge in [0.15, 0.2) is 0 Å². The van der Waals surface area contributed by atoms with Crippen LogP contribution < -0.4 is 10.9 Å². The number of piperidine rings is 1. The van der Waals surface area contributed by atoms with Crippen molar-refractivity contribution in [1.29, 1.82) is 0 Å². The van der Waals surface area contributed by atoms with E-state index in [1.54, 1.807) is 24.3 Å². The number of hydrogen-bond donors (Lipinski definition) is 2. The maximum Gasteiger partial charge on any atom is 0.254 e. The van der Waals surface area contributed by atoms with Crippen molar-refractivity contribution in [3.8, 4) is 0 Å². The average molecular weight is 311 g/mol. The lowest BCUT2D eigenvalue weighted by atomic mass is 10.0. The minimum Gasteiger partial charge on any atom is -0.334 e. The quantitative estimate of drug-likeness (QED) is 0.840. The van der Waals surface area contributed by atoms with Crippen molar-refractivity contribution < 1.29 is 13.2 Å². The summed E-state index contributed by atoms with van der Waals surface area (Å²) < 4.78 is 22.1. The first-order valence-electron chi connectivity index (χ1n) is 7.01. The smallest absolute Gasteiger partial charge is 0.254 e. The maximum absolute atomic E-state index is 12.5. The molecule has 1 aliphatic heterocycles. The fourth-order valence-corrected chi connectivity index (χ4v) is 3.31. The fraction of sp³-hybridized carbons (Fsp3) is 0.500. The second kappa shape index (κ2) is 6.55. The third kappa shape index (κ3) is 4.26. The van der Waals surface area contributed by atoms with Crippen LogP contribution in [0.1, 0.15) is 35.2 Å². The van der Waals surface area contributed by atoms with Gasteiger partial charge in [0.1, 0.15) is 0 Å². The van der Waals surface area contributed by atoms with Crippen LogP contribution in [0.4, 0.5) is 0 Å². The molecule has 0 bridgehead atoms. The highest BCUT2D eigenvalue weighted by Crippen LogP contribution is 2.19. The van der Waals surface area contributed by atoms with Crippen LogP contribution in [-0.4, -0.2) is 38.4 Å². The molecule has 0 aliphatic carbocycles. The summed E-state index contributed by atoms with van der Waals surface area (Å²) in [7, 11) is -3.56. The van der Waals surface area contributed by atoms with Crippen molar-refractivity contribution in [3.05, 3.63) is 35.4 Å². The zero-order valence-electron chi connectivity index (χ0n) is 11.9. The molecule has 21 heavy (non-hydrogen) atoms. The van der Waals surface area contributed by atoms with Crippen molar-refractivity contribution >= 4 is 15.9 Å². The number of nitrogens with two attached hydrogens (primary N) is 2. The van der Waals surface area contributed by atoms with Crippen LogP contribution in [-0.2, 0) is 15.8 Å². The lowest BCUT2D eigenvalue weighted by Gasteiger charge is -2.35. The van der Waals surface area contributed by atoms with Crippen LogP contribution in [0, 0.1) is 0 Å². The molecule has 1 aromatic carbocycles. The highest BCUT2D eigenvalue weighted by molar-refractivity contribution is 7.88. The Morgan fingerprint density at radius 2 is 1.90 bits per heavy atom. The molecule has 0 spiro atoms. The molecule has 4 N–H and O–H groups in total. The summed E-state index contributed by atoms with van der Waals surface area (Å²) in [6, 6.07) is 6.63. The molecule has 0 radical (unpaired) electrons. The highest BCUT2D eigenvalue weighted by atomic mass is 32.2. The predicted octanol–water partition coefficient (Wildman–Crippen LogP) is 0.429. The van der Waals surface area contributed by atoms with Gasteiger partial charge in [-0.1, -0.05) is 12.1 Å². The van der Waals surface area contributed by atoms with Crippen LogP contribution in [0.5, 0.6) is 0 Å². The van der Waals surface area contributed by atoms with Crippen LogP contribution in [0.3, 0.4) is 0 Å². The number of carbonyl (C=O) groups excluding carboxylic acids is 1. The van der Waals surface area contributed by atoms with E-state index in [4.69, 9.17) is 10.9 Å². The maximum atomic E-state index is 12.5. The minimum absolute atomic E-state index is 0.0488. The van der Waals surface area contributed by atoms with E-state index in [0.29, 0.717) is 17.7 Å². The summed E-state index contributed by atoms with van der Waals surface area (Å²) >= 11 is 0. The monoisotopic (exact) mass is 311 g/mol. The first-order valence-corrected chi connectivity index (χ1v) is 8.72. The largest absolute Gasteiger partial charge is 0.334 e. The molecular weight excluding hydrogens is 290 g/mol. The average Bonchev–Trinajstić information content (AvgIpc) is 2.45. The van der Waals surface area contributed by atoms with Gasteiger partial charge in [0.2, 0.25) is 10.0 Å². The fourth-order valence-electron chi connectivity index (χ4n) is 2.65. The standard InChI is InChI=1S/C14H21N3O3S/c15-9-13-3-1-2-8-17(13)14(18)12-6-4-11(5-7-12)10-21(16,19)20/h4-7,13H,1-3,8-10,15H2,(H2,16,19,20). The van der Waals surface area contributed by atoms with E-state index in [1.165, 1.54) is 0 Å². The van der Waals surface area contributed by atoms with Gasteiger partial charge in [0.25, 0.3) is 5.91 Å². The second-order valence-electron chi connectivity index (χ2n) is 5.39. The summed E-state index contributed by atoms with van der Waals surface area (Å²) in [5, 5.41) is 5.00. The summed E-state index contributed by atoms with van der Waals surface area (Å²) in [5.74, 6) is -0.274. The molecule has 0 saturated carbocycles. The second-order valence-corrected chi connectivity index (χ2v) is 7.00. The Balaban J connectivity index is 2.12. The first-order chi connectivity index (χ1) is 9.90. The Morgan fingerprint density at radius 3 is 2.48 bits per heavy atom. The Labute approximate surface area is 125 Å². The van der Waals surface area contributed by atoms with E-state index in [9.17, 15) is 13.2 Å². The Bertz CT molecular complexity index is 598. The van der Waals surface area contributed by atoms with Gasteiger partial charge < -0.3 is 10.6 Å². The highest BCUT2D eigenvalue weighted by Gasteiger charge is 2.26. The molecule has 7 heteroatoms. The first kappa shape index (κ1) is 15.9. The molecular formula is C14H21N3O3S. The molecule has 1 atom stereocenters. The van der Waals surface area contributed by atoms with Crippen molar-refractivity contribution in [1.82, 2.24) is 4.90 Å². The third-order valence-electron chi connectivity index (χ3n) is 3.73. The van der Waals surface area contributed by atoms with Gasteiger partial charge in [-0.25, -0.2) is 13.6 Å². The van der Waals surface area contributed by atoms with Crippen molar-refractivity contribution in [2.75, 3.05) is 13.1 Å². The number of primary sulfonamides is 1. The molecule has 1 fully saturated rings. The summed E-state index contributed by atoms with van der Waals surface area (Å²) in [6.07, 6.45) is 3.02. The number of hydrogen-bond acceptors (Lipinski definition) is 4. The number of nitrogens with zero attached hydrogens (tertiary/aromatic N) is 1. The van der Waals surface area contributed by atoms with E-state index in [2.05, 4.69) is 0 Å². The number of benzene rings is 1. The molecule has 1 aromatic rings. The predicted molar refractivity (Wildman–Crippen MR) is 81.0 cm³/mol. The normalized spacial score (nSPS) is 19.5. The van der Waals surface area contributed by atoms with Gasteiger partial charge in [-0.15, -0.1) is 0 Å². The molecule has 1 aliphatic rings. The summed E-state index contributed by atoms with van der Waals surface area (Å²) in [6.45, 7) is 1.19. The van der Waals surface area contributed by atoms with E-state index in [0.717, 1.165) is 25.8 Å². The molecule has 1 amide bonds. The summed E-state index contributed by atoms with van der Waals surface area (Å²) in [4.78, 5) is 14.3. The van der Waals surface area contributed by atoms with Crippen LogP contribution in [0.15, 0.2) is 24.3 Å². The topological polar surface area (TPSA) is 106 Å². The zero-order chi connectivity index (χ0) is 15.5. The molecule has 6 nitrogen and oxygen atoms in total. The van der Waals surface area contributed by atoms with Gasteiger partial charge in [0, 0.05) is 24.7 Å². The summed E-state index contributed by atoms with van der Waals surface area (Å²) in [5.41, 5.74) is 6.85. The molecule has 0 aromatic heterocycles. The van der Waals surface area contributed by atoms with Gasteiger partial charge in [0.05, 0.1) is 5.75 Å². The van der Waals surface area contributed by atoms with Gasteiger partial charge in [-0.05, 0) is 37.0 Å². The Hall–Kier alpha value is -1.44. The van der Waals surface area contributed by atoms with E-state index in [-0.39, 0.29) is 17.7 Å². The van der Waals surface area contributed by atoms with Gasteiger partial charge >= 0.3 is 0 Å². The lowest BCUT2D eigenvalue weighted by molar-refractivity contribution is 0.0623. The van der Waals surface area contributed by atoms with E-state index >= 15 is 0 Å². The molecule has 1 unspecified atom stereocenters. The van der Waals surface area contributed by atoms with E-state index in [1.807, 2.05) is 4.90 Å².